The van der Waals surface area contributed by atoms with Crippen molar-refractivity contribution in [1.29, 1.82) is 0 Å². The van der Waals surface area contributed by atoms with E-state index in [0.29, 0.717) is 11.5 Å². The summed E-state index contributed by atoms with van der Waals surface area (Å²) in [5, 5.41) is 2.90. The Kier molecular flexibility index (Phi) is 7.15. The van der Waals surface area contributed by atoms with Gasteiger partial charge in [-0.3, -0.25) is 9.59 Å². The Morgan fingerprint density at radius 2 is 1.71 bits per heavy atom. The summed E-state index contributed by atoms with van der Waals surface area (Å²) in [6, 6.07) is 15.6. The highest BCUT2D eigenvalue weighted by Crippen LogP contribution is 2.32. The van der Waals surface area contributed by atoms with Crippen LogP contribution in [-0.2, 0) is 4.79 Å². The van der Waals surface area contributed by atoms with Gasteiger partial charge >= 0.3 is 0 Å². The van der Waals surface area contributed by atoms with Crippen molar-refractivity contribution in [2.24, 2.45) is 0 Å². The Morgan fingerprint density at radius 3 is 2.39 bits per heavy atom. The van der Waals surface area contributed by atoms with Crippen LogP contribution < -0.4 is 5.32 Å². The van der Waals surface area contributed by atoms with Gasteiger partial charge in [0.2, 0.25) is 5.91 Å². The van der Waals surface area contributed by atoms with E-state index in [1.165, 1.54) is 42.6 Å². The molecule has 3 rings (SSSR count). The second-order valence-corrected chi connectivity index (χ2v) is 8.21. The molecule has 0 aliphatic heterocycles. The molecule has 1 fully saturated rings. The molecule has 0 radical (unpaired) electrons. The van der Waals surface area contributed by atoms with Crippen LogP contribution in [0.5, 0.6) is 0 Å². The number of nitrogens with zero attached hydrogens (tertiary/aromatic N) is 1. The Labute approximate surface area is 171 Å². The highest BCUT2D eigenvalue weighted by molar-refractivity contribution is 7.98. The Hall–Kier alpha value is -2.27. The maximum absolute atomic E-state index is 12.7. The average molecular weight is 397 g/mol. The van der Waals surface area contributed by atoms with Crippen LogP contribution in [0.4, 0.5) is 5.69 Å². The molecule has 2 amide bonds. The molecule has 1 saturated carbocycles. The fraction of sp³-hybridized carbons (Fsp3) is 0.391. The monoisotopic (exact) mass is 396 g/mol. The molecule has 0 atom stereocenters. The predicted molar refractivity (Wildman–Crippen MR) is 116 cm³/mol. The van der Waals surface area contributed by atoms with Crippen LogP contribution in [0.3, 0.4) is 0 Å². The van der Waals surface area contributed by atoms with Gasteiger partial charge in [0.05, 0.1) is 12.2 Å². The summed E-state index contributed by atoms with van der Waals surface area (Å²) in [4.78, 5) is 27.5. The quantitative estimate of drug-likeness (QED) is 0.686. The van der Waals surface area contributed by atoms with E-state index < -0.39 is 0 Å². The number of benzene rings is 2. The fourth-order valence-corrected chi connectivity index (χ4v) is 4.33. The zero-order valence-corrected chi connectivity index (χ0v) is 17.4. The topological polar surface area (TPSA) is 49.4 Å². The first kappa shape index (κ1) is 20.5. The van der Waals surface area contributed by atoms with Crippen LogP contribution >= 0.6 is 11.8 Å². The smallest absolute Gasteiger partial charge is 0.254 e. The summed E-state index contributed by atoms with van der Waals surface area (Å²) in [5.74, 6) is 0.289. The van der Waals surface area contributed by atoms with Crippen molar-refractivity contribution in [1.82, 2.24) is 4.90 Å². The number of para-hydroxylation sites is 1. The van der Waals surface area contributed by atoms with Gasteiger partial charge in [-0.15, -0.1) is 11.8 Å². The van der Waals surface area contributed by atoms with Gasteiger partial charge in [-0.25, -0.2) is 0 Å². The summed E-state index contributed by atoms with van der Waals surface area (Å²) >= 11 is 1.58. The molecule has 5 heteroatoms. The molecular weight excluding hydrogens is 368 g/mol. The minimum absolute atomic E-state index is 0.0198. The van der Waals surface area contributed by atoms with Crippen molar-refractivity contribution in [2.75, 3.05) is 25.2 Å². The Bertz CT molecular complexity index is 814. The van der Waals surface area contributed by atoms with Crippen LogP contribution in [-0.4, -0.2) is 36.6 Å². The third-order valence-electron chi connectivity index (χ3n) is 5.34. The number of likely N-dealkylation sites (N-methyl/N-ethyl adjacent to an activating group) is 1. The maximum Gasteiger partial charge on any atom is 0.254 e. The largest absolute Gasteiger partial charge is 0.332 e. The number of nitrogens with one attached hydrogen (secondary N) is 1. The first-order chi connectivity index (χ1) is 13.6. The molecule has 0 heterocycles. The van der Waals surface area contributed by atoms with Gasteiger partial charge in [-0.2, -0.15) is 0 Å². The van der Waals surface area contributed by atoms with Crippen molar-refractivity contribution >= 4 is 29.3 Å². The van der Waals surface area contributed by atoms with E-state index in [1.54, 1.807) is 18.8 Å². The van der Waals surface area contributed by atoms with Crippen molar-refractivity contribution < 1.29 is 9.59 Å². The minimum Gasteiger partial charge on any atom is -0.332 e. The summed E-state index contributed by atoms with van der Waals surface area (Å²) in [6.45, 7) is 0.0198. The SMILES string of the molecule is CSc1ccccc1NC(=O)CN(C)C(=O)c1ccc(C2CCCCC2)cc1. The molecule has 1 aliphatic rings. The van der Waals surface area contributed by atoms with E-state index in [2.05, 4.69) is 17.4 Å². The van der Waals surface area contributed by atoms with Crippen molar-refractivity contribution in [3.63, 3.8) is 0 Å². The molecular formula is C23H28N2O2S. The molecule has 0 saturated heterocycles. The number of hydrogen-bond donors (Lipinski definition) is 1. The van der Waals surface area contributed by atoms with Gasteiger partial charge in [-0.05, 0) is 54.8 Å². The molecule has 0 aromatic heterocycles. The standard InChI is InChI=1S/C23H28N2O2S/c1-25(16-22(26)24-20-10-6-7-11-21(20)28-2)23(27)19-14-12-18(13-15-19)17-8-4-3-5-9-17/h6-7,10-15,17H,3-5,8-9,16H2,1-2H3,(H,24,26). The fourth-order valence-electron chi connectivity index (χ4n) is 3.78. The van der Waals surface area contributed by atoms with E-state index in [0.717, 1.165) is 10.6 Å². The van der Waals surface area contributed by atoms with Gasteiger partial charge in [0.15, 0.2) is 0 Å². The van der Waals surface area contributed by atoms with Crippen molar-refractivity contribution in [3.05, 3.63) is 59.7 Å². The van der Waals surface area contributed by atoms with Gasteiger partial charge in [0, 0.05) is 17.5 Å². The van der Waals surface area contributed by atoms with Crippen molar-refractivity contribution in [3.8, 4) is 0 Å². The summed E-state index contributed by atoms with van der Waals surface area (Å²) in [5.41, 5.74) is 2.72. The third kappa shape index (κ3) is 5.16. The zero-order chi connectivity index (χ0) is 19.9. The van der Waals surface area contributed by atoms with E-state index in [-0.39, 0.29) is 18.4 Å². The number of rotatable bonds is 6. The molecule has 1 N–H and O–H groups in total. The van der Waals surface area contributed by atoms with Crippen LogP contribution in [0.1, 0.15) is 53.9 Å². The predicted octanol–water partition coefficient (Wildman–Crippen LogP) is 5.17. The summed E-state index contributed by atoms with van der Waals surface area (Å²) in [7, 11) is 1.66. The molecule has 2 aromatic carbocycles. The summed E-state index contributed by atoms with van der Waals surface area (Å²) in [6.07, 6.45) is 8.38. The molecule has 0 unspecified atom stereocenters. The number of thioether (sulfide) groups is 1. The highest BCUT2D eigenvalue weighted by Gasteiger charge is 2.18. The highest BCUT2D eigenvalue weighted by atomic mass is 32.2. The first-order valence-corrected chi connectivity index (χ1v) is 11.1. The van der Waals surface area contributed by atoms with Crippen LogP contribution in [0.15, 0.2) is 53.4 Å². The second kappa shape index (κ2) is 9.78. The van der Waals surface area contributed by atoms with Gasteiger partial charge < -0.3 is 10.2 Å². The van der Waals surface area contributed by atoms with E-state index in [9.17, 15) is 9.59 Å². The van der Waals surface area contributed by atoms with E-state index >= 15 is 0 Å². The van der Waals surface area contributed by atoms with Crippen molar-refractivity contribution in [2.45, 2.75) is 42.9 Å². The number of anilines is 1. The molecule has 1 aliphatic carbocycles. The number of hydrogen-bond acceptors (Lipinski definition) is 3. The molecule has 2 aromatic rings. The van der Waals surface area contributed by atoms with Gasteiger partial charge in [0.25, 0.3) is 5.91 Å². The lowest BCUT2D eigenvalue weighted by atomic mass is 9.84. The number of amides is 2. The molecule has 0 spiro atoms. The van der Waals surface area contributed by atoms with Gasteiger partial charge in [-0.1, -0.05) is 43.5 Å². The van der Waals surface area contributed by atoms with Crippen LogP contribution in [0, 0.1) is 0 Å². The lowest BCUT2D eigenvalue weighted by molar-refractivity contribution is -0.116. The second-order valence-electron chi connectivity index (χ2n) is 7.37. The first-order valence-electron chi connectivity index (χ1n) is 9.87. The zero-order valence-electron chi connectivity index (χ0n) is 16.6. The van der Waals surface area contributed by atoms with E-state index in [4.69, 9.17) is 0 Å². The molecule has 148 valence electrons. The number of carbonyl (C=O) groups excluding carboxylic acids is 2. The molecule has 0 bridgehead atoms. The normalized spacial score (nSPS) is 14.5. The Balaban J connectivity index is 1.58. The third-order valence-corrected chi connectivity index (χ3v) is 6.14. The lowest BCUT2D eigenvalue weighted by Gasteiger charge is -2.22. The van der Waals surface area contributed by atoms with Crippen LogP contribution in [0.2, 0.25) is 0 Å². The maximum atomic E-state index is 12.7. The Morgan fingerprint density at radius 1 is 1.04 bits per heavy atom. The molecule has 4 nitrogen and oxygen atoms in total. The summed E-state index contributed by atoms with van der Waals surface area (Å²) < 4.78 is 0. The van der Waals surface area contributed by atoms with E-state index in [1.807, 2.05) is 42.7 Å². The van der Waals surface area contributed by atoms with Gasteiger partial charge in [0.1, 0.15) is 0 Å². The molecule has 28 heavy (non-hydrogen) atoms. The number of carbonyl (C=O) groups is 2. The van der Waals surface area contributed by atoms with Crippen LogP contribution in [0.25, 0.3) is 0 Å². The average Bonchev–Trinajstić information content (AvgIpc) is 2.74. The minimum atomic E-state index is -0.198. The lowest BCUT2D eigenvalue weighted by Crippen LogP contribution is -2.35.